The predicted molar refractivity (Wildman–Crippen MR) is 67.9 cm³/mol. The molecule has 0 aliphatic rings. The maximum atomic E-state index is 12.7. The zero-order valence-corrected chi connectivity index (χ0v) is 11.0. The lowest BCUT2D eigenvalue weighted by Crippen LogP contribution is -2.39. The van der Waals surface area contributed by atoms with Crippen molar-refractivity contribution in [2.45, 2.75) is 33.0 Å². The van der Waals surface area contributed by atoms with Crippen molar-refractivity contribution >= 4 is 11.7 Å². The average molecular weight is 274 g/mol. The van der Waals surface area contributed by atoms with Crippen LogP contribution in [0.4, 0.5) is 23.7 Å². The van der Waals surface area contributed by atoms with E-state index in [0.29, 0.717) is 0 Å². The zero-order chi connectivity index (χ0) is 14.6. The predicted octanol–water partition coefficient (Wildman–Crippen LogP) is 3.87. The third kappa shape index (κ3) is 4.46. The minimum Gasteiger partial charge on any atom is -0.335 e. The summed E-state index contributed by atoms with van der Waals surface area (Å²) in [5.41, 5.74) is -1.11. The molecule has 0 aliphatic carbocycles. The molecule has 19 heavy (non-hydrogen) atoms. The van der Waals surface area contributed by atoms with E-state index in [1.165, 1.54) is 18.2 Å². The summed E-state index contributed by atoms with van der Waals surface area (Å²) in [5.74, 6) is 0.198. The molecule has 0 fully saturated rings. The minimum atomic E-state index is -4.49. The van der Waals surface area contributed by atoms with Crippen LogP contribution in [0.2, 0.25) is 0 Å². The Labute approximate surface area is 110 Å². The Morgan fingerprint density at radius 2 is 1.74 bits per heavy atom. The molecule has 2 N–H and O–H groups in total. The lowest BCUT2D eigenvalue weighted by Gasteiger charge is -2.19. The molecule has 106 valence electrons. The molecule has 0 aliphatic heterocycles. The van der Waals surface area contributed by atoms with Crippen LogP contribution in [-0.2, 0) is 6.18 Å². The van der Waals surface area contributed by atoms with Crippen LogP contribution >= 0.6 is 0 Å². The lowest BCUT2D eigenvalue weighted by atomic mass is 10.1. The van der Waals surface area contributed by atoms with E-state index in [4.69, 9.17) is 0 Å². The van der Waals surface area contributed by atoms with Gasteiger partial charge in [0.05, 0.1) is 11.3 Å². The van der Waals surface area contributed by atoms with Gasteiger partial charge in [-0.05, 0) is 25.0 Å². The number of amides is 2. The van der Waals surface area contributed by atoms with E-state index >= 15 is 0 Å². The molecule has 0 unspecified atom stereocenters. The average Bonchev–Trinajstić information content (AvgIpc) is 2.27. The lowest BCUT2D eigenvalue weighted by molar-refractivity contribution is -0.136. The van der Waals surface area contributed by atoms with Crippen LogP contribution in [-0.4, -0.2) is 12.1 Å². The van der Waals surface area contributed by atoms with Gasteiger partial charge >= 0.3 is 12.2 Å². The van der Waals surface area contributed by atoms with Gasteiger partial charge in [0, 0.05) is 6.04 Å². The third-order valence-electron chi connectivity index (χ3n) is 2.84. The fourth-order valence-corrected chi connectivity index (χ4v) is 1.37. The van der Waals surface area contributed by atoms with Gasteiger partial charge in [0.2, 0.25) is 0 Å². The van der Waals surface area contributed by atoms with E-state index in [1.807, 2.05) is 13.8 Å². The van der Waals surface area contributed by atoms with Gasteiger partial charge in [-0.2, -0.15) is 13.2 Å². The molecule has 0 bridgehead atoms. The van der Waals surface area contributed by atoms with Gasteiger partial charge in [-0.1, -0.05) is 26.0 Å². The Hall–Kier alpha value is -1.72. The van der Waals surface area contributed by atoms with Crippen LogP contribution in [0.15, 0.2) is 24.3 Å². The fourth-order valence-electron chi connectivity index (χ4n) is 1.37. The summed E-state index contributed by atoms with van der Waals surface area (Å²) in [4.78, 5) is 11.6. The number of benzene rings is 1. The highest BCUT2D eigenvalue weighted by Gasteiger charge is 2.33. The number of carbonyl (C=O) groups is 1. The quantitative estimate of drug-likeness (QED) is 0.863. The van der Waals surface area contributed by atoms with E-state index in [9.17, 15) is 18.0 Å². The van der Waals surface area contributed by atoms with Crippen LogP contribution in [0.3, 0.4) is 0 Å². The number of rotatable bonds is 3. The number of anilines is 1. The third-order valence-corrected chi connectivity index (χ3v) is 2.84. The molecule has 0 spiro atoms. The van der Waals surface area contributed by atoms with Crippen molar-refractivity contribution in [3.63, 3.8) is 0 Å². The smallest absolute Gasteiger partial charge is 0.335 e. The van der Waals surface area contributed by atoms with Crippen molar-refractivity contribution in [1.29, 1.82) is 0 Å². The van der Waals surface area contributed by atoms with Gasteiger partial charge in [-0.15, -0.1) is 0 Å². The Morgan fingerprint density at radius 3 is 2.26 bits per heavy atom. The Bertz CT molecular complexity index is 444. The summed E-state index contributed by atoms with van der Waals surface area (Å²) in [6, 6.07) is 4.11. The van der Waals surface area contributed by atoms with Gasteiger partial charge in [-0.25, -0.2) is 4.79 Å². The standard InChI is InChI=1S/C13H17F3N2O/c1-8(2)9(3)17-12(19)18-11-7-5-4-6-10(11)13(14,15)16/h4-9H,1-3H3,(H2,17,18,19)/t9-/m0/s1. The highest BCUT2D eigenvalue weighted by atomic mass is 19.4. The van der Waals surface area contributed by atoms with Gasteiger partial charge in [0.15, 0.2) is 0 Å². The highest BCUT2D eigenvalue weighted by Crippen LogP contribution is 2.34. The first-order chi connectivity index (χ1) is 8.71. The topological polar surface area (TPSA) is 41.1 Å². The van der Waals surface area contributed by atoms with E-state index in [0.717, 1.165) is 6.07 Å². The second-order valence-corrected chi connectivity index (χ2v) is 4.67. The molecule has 1 aromatic carbocycles. The molecule has 1 atom stereocenters. The summed E-state index contributed by atoms with van der Waals surface area (Å²) in [6.45, 7) is 5.61. The first kappa shape index (κ1) is 15.3. The molecule has 0 saturated heterocycles. The van der Waals surface area contributed by atoms with E-state index in [-0.39, 0.29) is 17.6 Å². The van der Waals surface area contributed by atoms with Crippen LogP contribution in [0, 0.1) is 5.92 Å². The van der Waals surface area contributed by atoms with Crippen molar-refractivity contribution in [3.05, 3.63) is 29.8 Å². The largest absolute Gasteiger partial charge is 0.418 e. The maximum absolute atomic E-state index is 12.7. The Morgan fingerprint density at radius 1 is 1.16 bits per heavy atom. The van der Waals surface area contributed by atoms with Crippen LogP contribution in [0.5, 0.6) is 0 Å². The summed E-state index contributed by atoms with van der Waals surface area (Å²) in [7, 11) is 0. The number of halogens is 3. The molecule has 6 heteroatoms. The number of hydrogen-bond donors (Lipinski definition) is 2. The molecule has 3 nitrogen and oxygen atoms in total. The van der Waals surface area contributed by atoms with Gasteiger partial charge in [0.25, 0.3) is 0 Å². The van der Waals surface area contributed by atoms with E-state index in [2.05, 4.69) is 10.6 Å². The van der Waals surface area contributed by atoms with Crippen molar-refractivity contribution in [2.24, 2.45) is 5.92 Å². The molecule has 2 amide bonds. The van der Waals surface area contributed by atoms with Crippen LogP contribution in [0.1, 0.15) is 26.3 Å². The number of urea groups is 1. The summed E-state index contributed by atoms with van der Waals surface area (Å²) in [5, 5.41) is 4.82. The van der Waals surface area contributed by atoms with E-state index in [1.54, 1.807) is 6.92 Å². The molecule has 0 saturated carbocycles. The normalized spacial score (nSPS) is 13.2. The summed E-state index contributed by atoms with van der Waals surface area (Å²) < 4.78 is 38.2. The minimum absolute atomic E-state index is 0.127. The summed E-state index contributed by atoms with van der Waals surface area (Å²) >= 11 is 0. The van der Waals surface area contributed by atoms with Crippen LogP contribution < -0.4 is 10.6 Å². The molecule has 1 rings (SSSR count). The Balaban J connectivity index is 2.80. The SMILES string of the molecule is CC(C)[C@H](C)NC(=O)Nc1ccccc1C(F)(F)F. The highest BCUT2D eigenvalue weighted by molar-refractivity contribution is 5.90. The number of hydrogen-bond acceptors (Lipinski definition) is 1. The number of alkyl halides is 3. The van der Waals surface area contributed by atoms with E-state index < -0.39 is 17.8 Å². The molecular weight excluding hydrogens is 257 g/mol. The second-order valence-electron chi connectivity index (χ2n) is 4.67. The number of carbonyl (C=O) groups excluding carboxylic acids is 1. The van der Waals surface area contributed by atoms with Crippen molar-refractivity contribution in [2.75, 3.05) is 5.32 Å². The first-order valence-electron chi connectivity index (χ1n) is 5.95. The van der Waals surface area contributed by atoms with Crippen molar-refractivity contribution in [3.8, 4) is 0 Å². The Kier molecular flexibility index (Phi) is 4.80. The number of nitrogens with one attached hydrogen (secondary N) is 2. The van der Waals surface area contributed by atoms with Gasteiger partial charge < -0.3 is 10.6 Å². The van der Waals surface area contributed by atoms with Crippen molar-refractivity contribution < 1.29 is 18.0 Å². The number of para-hydroxylation sites is 1. The molecule has 0 radical (unpaired) electrons. The molecule has 0 heterocycles. The zero-order valence-electron chi connectivity index (χ0n) is 11.0. The molecule has 1 aromatic rings. The van der Waals surface area contributed by atoms with Crippen LogP contribution in [0.25, 0.3) is 0 Å². The second kappa shape index (κ2) is 5.95. The maximum Gasteiger partial charge on any atom is 0.418 e. The fraction of sp³-hybridized carbons (Fsp3) is 0.462. The molecular formula is C13H17F3N2O. The monoisotopic (exact) mass is 274 g/mol. The van der Waals surface area contributed by atoms with Crippen molar-refractivity contribution in [1.82, 2.24) is 5.32 Å². The molecule has 0 aromatic heterocycles. The van der Waals surface area contributed by atoms with Gasteiger partial charge in [0.1, 0.15) is 0 Å². The summed E-state index contributed by atoms with van der Waals surface area (Å²) in [6.07, 6.45) is -4.49. The van der Waals surface area contributed by atoms with Gasteiger partial charge in [-0.3, -0.25) is 0 Å². The first-order valence-corrected chi connectivity index (χ1v) is 5.95.